The first kappa shape index (κ1) is 18.0. The van der Waals surface area contributed by atoms with Gasteiger partial charge in [0.05, 0.1) is 11.3 Å². The molecule has 0 unspecified atom stereocenters. The van der Waals surface area contributed by atoms with Crippen molar-refractivity contribution < 1.29 is 0 Å². The number of nitrogens with one attached hydrogen (secondary N) is 2. The fourth-order valence-corrected chi connectivity index (χ4v) is 2.60. The summed E-state index contributed by atoms with van der Waals surface area (Å²) in [6.07, 6.45) is 1.76. The second-order valence-corrected chi connectivity index (χ2v) is 6.02. The van der Waals surface area contributed by atoms with Crippen LogP contribution in [-0.4, -0.2) is 18.0 Å². The minimum atomic E-state index is 0.177. The van der Waals surface area contributed by atoms with Crippen molar-refractivity contribution in [2.75, 3.05) is 17.7 Å². The summed E-state index contributed by atoms with van der Waals surface area (Å²) in [7, 11) is 1.89. The Morgan fingerprint density at radius 2 is 1.81 bits per heavy atom. The quantitative estimate of drug-likeness (QED) is 0.484. The SMILES string of the molecule is CNc1ccc(-c2ccc(N=C(N)Nc3cc(C)ccc3C#N)nc2)cc1. The molecule has 1 heterocycles. The van der Waals surface area contributed by atoms with E-state index in [1.165, 1.54) is 0 Å². The number of pyridine rings is 1. The van der Waals surface area contributed by atoms with Crippen LogP contribution in [-0.2, 0) is 0 Å². The van der Waals surface area contributed by atoms with Gasteiger partial charge in [0.1, 0.15) is 6.07 Å². The molecule has 0 bridgehead atoms. The third kappa shape index (κ3) is 4.41. The molecule has 0 aliphatic carbocycles. The minimum Gasteiger partial charge on any atom is -0.388 e. The van der Waals surface area contributed by atoms with Gasteiger partial charge in [0.25, 0.3) is 0 Å². The molecule has 0 saturated heterocycles. The molecule has 6 nitrogen and oxygen atoms in total. The molecule has 0 aliphatic rings. The molecule has 3 rings (SSSR count). The molecule has 27 heavy (non-hydrogen) atoms. The fraction of sp³-hybridized carbons (Fsp3) is 0.0952. The molecule has 0 radical (unpaired) electrons. The normalized spacial score (nSPS) is 10.9. The second kappa shape index (κ2) is 8.02. The first-order chi connectivity index (χ1) is 13.1. The zero-order valence-corrected chi connectivity index (χ0v) is 15.2. The average Bonchev–Trinajstić information content (AvgIpc) is 2.69. The predicted molar refractivity (Wildman–Crippen MR) is 110 cm³/mol. The van der Waals surface area contributed by atoms with Crippen molar-refractivity contribution in [2.24, 2.45) is 10.7 Å². The number of rotatable bonds is 4. The Hall–Kier alpha value is -3.85. The van der Waals surface area contributed by atoms with Crippen LogP contribution in [0, 0.1) is 18.3 Å². The van der Waals surface area contributed by atoms with Crippen molar-refractivity contribution in [1.29, 1.82) is 5.26 Å². The van der Waals surface area contributed by atoms with E-state index in [1.54, 1.807) is 18.3 Å². The topological polar surface area (TPSA) is 99.1 Å². The van der Waals surface area contributed by atoms with Gasteiger partial charge < -0.3 is 16.4 Å². The lowest BCUT2D eigenvalue weighted by molar-refractivity contribution is 1.26. The van der Waals surface area contributed by atoms with Crippen LogP contribution in [0.5, 0.6) is 0 Å². The number of nitrogens with zero attached hydrogens (tertiary/aromatic N) is 3. The molecule has 4 N–H and O–H groups in total. The molecule has 0 aliphatic heterocycles. The van der Waals surface area contributed by atoms with Gasteiger partial charge in [0.15, 0.2) is 11.8 Å². The molecular formula is C21H20N6. The first-order valence-electron chi connectivity index (χ1n) is 8.45. The van der Waals surface area contributed by atoms with E-state index in [2.05, 4.69) is 26.7 Å². The summed E-state index contributed by atoms with van der Waals surface area (Å²) in [4.78, 5) is 8.63. The van der Waals surface area contributed by atoms with Gasteiger partial charge in [-0.25, -0.2) is 4.98 Å². The molecule has 0 atom stereocenters. The molecule has 0 spiro atoms. The Morgan fingerprint density at radius 1 is 1.07 bits per heavy atom. The van der Waals surface area contributed by atoms with Crippen molar-refractivity contribution in [1.82, 2.24) is 4.98 Å². The number of aryl methyl sites for hydroxylation is 1. The van der Waals surface area contributed by atoms with Crippen LogP contribution in [0.2, 0.25) is 0 Å². The molecule has 134 valence electrons. The molecule has 2 aromatic carbocycles. The molecule has 3 aromatic rings. The highest BCUT2D eigenvalue weighted by Crippen LogP contribution is 2.22. The van der Waals surface area contributed by atoms with Crippen LogP contribution in [0.1, 0.15) is 11.1 Å². The lowest BCUT2D eigenvalue weighted by Crippen LogP contribution is -2.22. The van der Waals surface area contributed by atoms with E-state index in [4.69, 9.17) is 5.73 Å². The number of aliphatic imine (C=N–C) groups is 1. The molecular weight excluding hydrogens is 336 g/mol. The summed E-state index contributed by atoms with van der Waals surface area (Å²) >= 11 is 0. The van der Waals surface area contributed by atoms with E-state index in [0.717, 1.165) is 22.4 Å². The van der Waals surface area contributed by atoms with Crippen LogP contribution in [0.3, 0.4) is 0 Å². The van der Waals surface area contributed by atoms with Gasteiger partial charge >= 0.3 is 0 Å². The number of aromatic nitrogens is 1. The third-order valence-corrected chi connectivity index (χ3v) is 4.05. The third-order valence-electron chi connectivity index (χ3n) is 4.05. The largest absolute Gasteiger partial charge is 0.388 e. The number of anilines is 2. The standard InChI is InChI=1S/C21H20N6/c1-14-3-4-16(12-22)19(11-14)26-21(23)27-20-10-7-17(13-25-20)15-5-8-18(24-2)9-6-15/h3-11,13,24H,1-2H3,(H3,23,25,26,27). The molecule has 0 amide bonds. The van der Waals surface area contributed by atoms with E-state index in [-0.39, 0.29) is 5.96 Å². The van der Waals surface area contributed by atoms with Gasteiger partial charge in [0, 0.05) is 24.5 Å². The molecule has 0 saturated carbocycles. The highest BCUT2D eigenvalue weighted by molar-refractivity contribution is 5.95. The van der Waals surface area contributed by atoms with E-state index in [9.17, 15) is 5.26 Å². The Labute approximate surface area is 158 Å². The van der Waals surface area contributed by atoms with Gasteiger partial charge in [-0.3, -0.25) is 0 Å². The monoisotopic (exact) mass is 356 g/mol. The number of nitriles is 1. The van der Waals surface area contributed by atoms with Crippen molar-refractivity contribution in [3.05, 3.63) is 71.9 Å². The van der Waals surface area contributed by atoms with Crippen molar-refractivity contribution in [2.45, 2.75) is 6.92 Å². The van der Waals surface area contributed by atoms with Crippen molar-refractivity contribution >= 4 is 23.2 Å². The smallest absolute Gasteiger partial charge is 0.199 e. The summed E-state index contributed by atoms with van der Waals surface area (Å²) in [5, 5.41) is 15.3. The maximum atomic E-state index is 9.20. The highest BCUT2D eigenvalue weighted by Gasteiger charge is 2.04. The lowest BCUT2D eigenvalue weighted by Gasteiger charge is -2.08. The summed E-state index contributed by atoms with van der Waals surface area (Å²) in [5.74, 6) is 0.664. The van der Waals surface area contributed by atoms with Gasteiger partial charge in [0.2, 0.25) is 0 Å². The van der Waals surface area contributed by atoms with E-state index >= 15 is 0 Å². The lowest BCUT2D eigenvalue weighted by atomic mass is 10.1. The minimum absolute atomic E-state index is 0.177. The first-order valence-corrected chi connectivity index (χ1v) is 8.45. The van der Waals surface area contributed by atoms with Crippen LogP contribution < -0.4 is 16.4 Å². The van der Waals surface area contributed by atoms with Gasteiger partial charge in [-0.15, -0.1) is 0 Å². The Morgan fingerprint density at radius 3 is 2.44 bits per heavy atom. The molecule has 0 fully saturated rings. The number of hydrogen-bond donors (Lipinski definition) is 3. The zero-order valence-electron chi connectivity index (χ0n) is 15.2. The maximum absolute atomic E-state index is 9.20. The number of nitrogens with two attached hydrogens (primary N) is 1. The fourth-order valence-electron chi connectivity index (χ4n) is 2.60. The van der Waals surface area contributed by atoms with Crippen molar-refractivity contribution in [3.8, 4) is 17.2 Å². The van der Waals surface area contributed by atoms with Crippen LogP contribution in [0.15, 0.2) is 65.8 Å². The van der Waals surface area contributed by atoms with Gasteiger partial charge in [-0.05, 0) is 54.4 Å². The predicted octanol–water partition coefficient (Wildman–Crippen LogP) is 4.03. The highest BCUT2D eigenvalue weighted by atomic mass is 15.1. The summed E-state index contributed by atoms with van der Waals surface area (Å²) in [6, 6.07) is 19.4. The summed E-state index contributed by atoms with van der Waals surface area (Å²) in [6.45, 7) is 1.95. The molecule has 6 heteroatoms. The van der Waals surface area contributed by atoms with Crippen molar-refractivity contribution in [3.63, 3.8) is 0 Å². The Balaban J connectivity index is 1.77. The summed E-state index contributed by atoms with van der Waals surface area (Å²) < 4.78 is 0. The Bertz CT molecular complexity index is 998. The van der Waals surface area contributed by atoms with Gasteiger partial charge in [-0.2, -0.15) is 10.3 Å². The van der Waals surface area contributed by atoms with E-state index in [1.807, 2.05) is 56.4 Å². The van der Waals surface area contributed by atoms with Gasteiger partial charge in [-0.1, -0.05) is 18.2 Å². The number of hydrogen-bond acceptors (Lipinski definition) is 4. The maximum Gasteiger partial charge on any atom is 0.199 e. The zero-order chi connectivity index (χ0) is 19.2. The number of guanidine groups is 1. The van der Waals surface area contributed by atoms with Crippen LogP contribution in [0.4, 0.5) is 17.2 Å². The summed E-state index contributed by atoms with van der Waals surface area (Å²) in [5.41, 5.74) is 11.3. The second-order valence-electron chi connectivity index (χ2n) is 6.02. The van der Waals surface area contributed by atoms with Crippen LogP contribution >= 0.6 is 0 Å². The Kier molecular flexibility index (Phi) is 5.33. The van der Waals surface area contributed by atoms with Crippen LogP contribution in [0.25, 0.3) is 11.1 Å². The van der Waals surface area contributed by atoms with E-state index < -0.39 is 0 Å². The molecule has 1 aromatic heterocycles. The van der Waals surface area contributed by atoms with E-state index in [0.29, 0.717) is 17.1 Å². The number of benzene rings is 2. The average molecular weight is 356 g/mol.